The summed E-state index contributed by atoms with van der Waals surface area (Å²) in [5.41, 5.74) is 1.84. The van der Waals surface area contributed by atoms with E-state index in [0.29, 0.717) is 36.2 Å². The van der Waals surface area contributed by atoms with Crippen LogP contribution in [-0.2, 0) is 6.42 Å². The van der Waals surface area contributed by atoms with Gasteiger partial charge in [0.05, 0.1) is 17.5 Å². The molecule has 0 fully saturated rings. The number of hydrogen-bond donors (Lipinski definition) is 0. The molecule has 4 heteroatoms. The summed E-state index contributed by atoms with van der Waals surface area (Å²) in [5, 5.41) is 9.19. The molecule has 0 spiro atoms. The van der Waals surface area contributed by atoms with Crippen LogP contribution in [0.15, 0.2) is 6.07 Å². The number of rotatable bonds is 1. The Morgan fingerprint density at radius 3 is 2.73 bits per heavy atom. The Hall–Kier alpha value is -1.40. The van der Waals surface area contributed by atoms with Gasteiger partial charge in [-0.15, -0.1) is 0 Å². The average molecular weight is 224 g/mol. The second kappa shape index (κ2) is 4.00. The van der Waals surface area contributed by atoms with Crippen LogP contribution in [-0.4, -0.2) is 13.2 Å². The first kappa shape index (κ1) is 10.1. The molecule has 1 aromatic rings. The number of nitrogens with zero attached hydrogens (tertiary/aromatic N) is 1. The third-order valence-electron chi connectivity index (χ3n) is 2.39. The maximum Gasteiger partial charge on any atom is 0.180 e. The molecule has 0 aromatic heterocycles. The molecule has 3 nitrogen and oxygen atoms in total. The third-order valence-corrected chi connectivity index (χ3v) is 2.67. The first-order valence-electron chi connectivity index (χ1n) is 4.68. The lowest BCUT2D eigenvalue weighted by atomic mass is 10.0. The van der Waals surface area contributed by atoms with E-state index >= 15 is 0 Å². The van der Waals surface area contributed by atoms with Crippen molar-refractivity contribution in [3.63, 3.8) is 0 Å². The number of hydrogen-bond acceptors (Lipinski definition) is 3. The highest BCUT2D eigenvalue weighted by Crippen LogP contribution is 2.41. The Balaban J connectivity index is 2.55. The van der Waals surface area contributed by atoms with Crippen molar-refractivity contribution >= 4 is 11.6 Å². The molecule has 0 saturated carbocycles. The van der Waals surface area contributed by atoms with Crippen molar-refractivity contribution < 1.29 is 9.47 Å². The lowest BCUT2D eigenvalue weighted by Crippen LogP contribution is -2.17. The quantitative estimate of drug-likeness (QED) is 0.735. The van der Waals surface area contributed by atoms with Crippen LogP contribution < -0.4 is 9.47 Å². The minimum absolute atomic E-state index is 0.336. The van der Waals surface area contributed by atoms with E-state index in [1.807, 2.05) is 6.92 Å². The molecule has 0 bridgehead atoms. The summed E-state index contributed by atoms with van der Waals surface area (Å²) in [5.74, 6) is 1.28. The Morgan fingerprint density at radius 2 is 2.07 bits per heavy atom. The van der Waals surface area contributed by atoms with Crippen molar-refractivity contribution in [2.75, 3.05) is 13.2 Å². The van der Waals surface area contributed by atoms with E-state index < -0.39 is 0 Å². The van der Waals surface area contributed by atoms with E-state index in [9.17, 15) is 0 Å². The Bertz CT molecular complexity index is 437. The minimum atomic E-state index is 0.336. The predicted molar refractivity (Wildman–Crippen MR) is 56.5 cm³/mol. The molecule has 2 rings (SSSR count). The molecular formula is C11H10ClNO2. The molecule has 0 aliphatic carbocycles. The van der Waals surface area contributed by atoms with Crippen molar-refractivity contribution in [1.82, 2.24) is 0 Å². The highest BCUT2D eigenvalue weighted by Gasteiger charge is 2.20. The first-order chi connectivity index (χ1) is 7.24. The second-order valence-electron chi connectivity index (χ2n) is 3.33. The summed E-state index contributed by atoms with van der Waals surface area (Å²) < 4.78 is 10.9. The number of halogens is 1. The van der Waals surface area contributed by atoms with E-state index in [1.165, 1.54) is 0 Å². The van der Waals surface area contributed by atoms with Gasteiger partial charge in [0.25, 0.3) is 0 Å². The Labute approximate surface area is 93.2 Å². The minimum Gasteiger partial charge on any atom is -0.486 e. The van der Waals surface area contributed by atoms with E-state index in [0.717, 1.165) is 11.1 Å². The summed E-state index contributed by atoms with van der Waals surface area (Å²) in [7, 11) is 0. The molecule has 0 saturated heterocycles. The topological polar surface area (TPSA) is 42.2 Å². The summed E-state index contributed by atoms with van der Waals surface area (Å²) >= 11 is 6.04. The Morgan fingerprint density at radius 1 is 1.40 bits per heavy atom. The van der Waals surface area contributed by atoms with Crippen molar-refractivity contribution in [1.29, 1.82) is 5.26 Å². The van der Waals surface area contributed by atoms with E-state index in [1.54, 1.807) is 6.07 Å². The van der Waals surface area contributed by atoms with Crippen molar-refractivity contribution in [3.8, 4) is 17.6 Å². The zero-order valence-electron chi connectivity index (χ0n) is 8.34. The van der Waals surface area contributed by atoms with E-state index in [-0.39, 0.29) is 0 Å². The number of ether oxygens (including phenoxy) is 2. The lowest BCUT2D eigenvalue weighted by Gasteiger charge is -2.22. The summed E-state index contributed by atoms with van der Waals surface area (Å²) in [6, 6.07) is 3.88. The van der Waals surface area contributed by atoms with Gasteiger partial charge in [0.15, 0.2) is 11.5 Å². The molecule has 1 aliphatic rings. The SMILES string of the molecule is Cc1c(CC#N)cc(Cl)c2c1OCCO2. The monoisotopic (exact) mass is 223 g/mol. The van der Waals surface area contributed by atoms with Gasteiger partial charge in [-0.25, -0.2) is 0 Å². The summed E-state index contributed by atoms with van der Waals surface area (Å²) in [4.78, 5) is 0. The second-order valence-corrected chi connectivity index (χ2v) is 3.74. The zero-order valence-corrected chi connectivity index (χ0v) is 9.10. The molecule has 0 atom stereocenters. The highest BCUT2D eigenvalue weighted by molar-refractivity contribution is 6.32. The van der Waals surface area contributed by atoms with Gasteiger partial charge in [0.1, 0.15) is 13.2 Å². The fourth-order valence-corrected chi connectivity index (χ4v) is 1.89. The van der Waals surface area contributed by atoms with Gasteiger partial charge in [-0.2, -0.15) is 5.26 Å². The molecule has 1 heterocycles. The van der Waals surface area contributed by atoms with E-state index in [2.05, 4.69) is 6.07 Å². The van der Waals surface area contributed by atoms with Gasteiger partial charge < -0.3 is 9.47 Å². The normalized spacial score (nSPS) is 13.4. The maximum atomic E-state index is 8.67. The van der Waals surface area contributed by atoms with Gasteiger partial charge in [-0.1, -0.05) is 11.6 Å². The van der Waals surface area contributed by atoms with Crippen LogP contribution in [0.25, 0.3) is 0 Å². The molecule has 15 heavy (non-hydrogen) atoms. The Kier molecular flexibility index (Phi) is 2.70. The van der Waals surface area contributed by atoms with E-state index in [4.69, 9.17) is 26.3 Å². The van der Waals surface area contributed by atoms with Crippen LogP contribution >= 0.6 is 11.6 Å². The van der Waals surface area contributed by atoms with Gasteiger partial charge in [-0.3, -0.25) is 0 Å². The van der Waals surface area contributed by atoms with Crippen LogP contribution in [0.2, 0.25) is 5.02 Å². The highest BCUT2D eigenvalue weighted by atomic mass is 35.5. The van der Waals surface area contributed by atoms with Crippen LogP contribution in [0.5, 0.6) is 11.5 Å². The molecule has 0 unspecified atom stereocenters. The molecule has 0 radical (unpaired) electrons. The van der Waals surface area contributed by atoms with Crippen LogP contribution in [0.4, 0.5) is 0 Å². The van der Waals surface area contributed by atoms with Gasteiger partial charge in [-0.05, 0) is 24.1 Å². The molecule has 1 aromatic carbocycles. The van der Waals surface area contributed by atoms with Gasteiger partial charge >= 0.3 is 0 Å². The molecule has 1 aliphatic heterocycles. The van der Waals surface area contributed by atoms with Gasteiger partial charge in [0, 0.05) is 0 Å². The smallest absolute Gasteiger partial charge is 0.180 e. The van der Waals surface area contributed by atoms with Crippen molar-refractivity contribution in [2.24, 2.45) is 0 Å². The standard InChI is InChI=1S/C11H10ClNO2/c1-7-8(2-3-13)6-9(12)11-10(7)14-4-5-15-11/h6H,2,4-5H2,1H3. The third kappa shape index (κ3) is 1.73. The summed E-state index contributed by atoms with van der Waals surface area (Å²) in [6.07, 6.45) is 0.336. The zero-order chi connectivity index (χ0) is 10.8. The molecule has 78 valence electrons. The number of fused-ring (bicyclic) bond motifs is 1. The lowest BCUT2D eigenvalue weighted by molar-refractivity contribution is 0.170. The van der Waals surface area contributed by atoms with Gasteiger partial charge in [0.2, 0.25) is 0 Å². The largest absolute Gasteiger partial charge is 0.486 e. The van der Waals surface area contributed by atoms with Crippen molar-refractivity contribution in [2.45, 2.75) is 13.3 Å². The van der Waals surface area contributed by atoms with Crippen LogP contribution in [0.3, 0.4) is 0 Å². The van der Waals surface area contributed by atoms with Crippen LogP contribution in [0.1, 0.15) is 11.1 Å². The summed E-state index contributed by atoms with van der Waals surface area (Å²) in [6.45, 7) is 2.96. The number of nitriles is 1. The average Bonchev–Trinajstić information content (AvgIpc) is 2.26. The predicted octanol–water partition coefficient (Wildman–Crippen LogP) is 2.49. The molecule has 0 N–H and O–H groups in total. The first-order valence-corrected chi connectivity index (χ1v) is 5.06. The fourth-order valence-electron chi connectivity index (χ4n) is 1.62. The number of benzene rings is 1. The maximum absolute atomic E-state index is 8.67. The fraction of sp³-hybridized carbons (Fsp3) is 0.364. The molecule has 0 amide bonds. The van der Waals surface area contributed by atoms with Crippen LogP contribution in [0, 0.1) is 18.3 Å². The molecular weight excluding hydrogens is 214 g/mol. The van der Waals surface area contributed by atoms with Crippen molar-refractivity contribution in [3.05, 3.63) is 22.2 Å².